The van der Waals surface area contributed by atoms with Gasteiger partial charge in [-0.25, -0.2) is 0 Å². The lowest BCUT2D eigenvalue weighted by molar-refractivity contribution is -0.145. The van der Waals surface area contributed by atoms with E-state index in [0.717, 1.165) is 0 Å². The van der Waals surface area contributed by atoms with Crippen LogP contribution in [0.2, 0.25) is 0 Å². The predicted octanol–water partition coefficient (Wildman–Crippen LogP) is -0.261. The van der Waals surface area contributed by atoms with E-state index in [0.29, 0.717) is 13.0 Å². The van der Waals surface area contributed by atoms with Crippen LogP contribution in [0, 0.1) is 5.92 Å². The van der Waals surface area contributed by atoms with Crippen molar-refractivity contribution in [3.05, 3.63) is 0 Å². The molecule has 0 spiro atoms. The summed E-state index contributed by atoms with van der Waals surface area (Å²) in [6.07, 6.45) is 0.629. The van der Waals surface area contributed by atoms with Crippen LogP contribution >= 0.6 is 0 Å². The summed E-state index contributed by atoms with van der Waals surface area (Å²) in [5, 5.41) is 0. The van der Waals surface area contributed by atoms with Crippen molar-refractivity contribution >= 4 is 17.7 Å². The molecule has 0 aromatic heterocycles. The molecule has 0 aromatic carbocycles. The fraction of sp³-hybridized carbons (Fsp3) is 0.700. The molecule has 2 rings (SSSR count). The third-order valence-corrected chi connectivity index (χ3v) is 2.76. The number of likely N-dealkylation sites (tertiary alicyclic amines) is 1. The van der Waals surface area contributed by atoms with Gasteiger partial charge in [0.05, 0.1) is 25.5 Å². The Kier molecular flexibility index (Phi) is 2.46. The SMILES string of the molecule is CCOC(=O)C1CC1N1CC(=O)CC1=O. The Bertz CT molecular complexity index is 325. The Morgan fingerprint density at radius 3 is 2.80 bits per heavy atom. The molecular formula is C10H13NO4. The van der Waals surface area contributed by atoms with Gasteiger partial charge in [-0.3, -0.25) is 14.4 Å². The number of hydrogen-bond acceptors (Lipinski definition) is 4. The maximum atomic E-state index is 11.3. The number of ketones is 1. The zero-order valence-electron chi connectivity index (χ0n) is 8.56. The summed E-state index contributed by atoms with van der Waals surface area (Å²) in [5.41, 5.74) is 0. The fourth-order valence-electron chi connectivity index (χ4n) is 1.94. The van der Waals surface area contributed by atoms with Gasteiger partial charge in [0.15, 0.2) is 5.78 Å². The van der Waals surface area contributed by atoms with E-state index in [1.165, 1.54) is 4.90 Å². The van der Waals surface area contributed by atoms with Gasteiger partial charge in [-0.2, -0.15) is 0 Å². The lowest BCUT2D eigenvalue weighted by Crippen LogP contribution is -2.30. The number of rotatable bonds is 3. The number of Topliss-reactive ketones (excluding diaryl/α,β-unsaturated/α-hetero) is 1. The molecule has 2 unspecified atom stereocenters. The van der Waals surface area contributed by atoms with E-state index in [1.54, 1.807) is 6.92 Å². The molecule has 0 bridgehead atoms. The molecule has 0 N–H and O–H groups in total. The Hall–Kier alpha value is -1.39. The number of ether oxygens (including phenoxy) is 1. The van der Waals surface area contributed by atoms with Crippen molar-refractivity contribution in [1.29, 1.82) is 0 Å². The first-order valence-corrected chi connectivity index (χ1v) is 5.11. The number of esters is 1. The normalized spacial score (nSPS) is 29.5. The Labute approximate surface area is 87.4 Å². The highest BCUT2D eigenvalue weighted by molar-refractivity contribution is 6.05. The average molecular weight is 211 g/mol. The van der Waals surface area contributed by atoms with Crippen LogP contribution in [-0.2, 0) is 19.1 Å². The van der Waals surface area contributed by atoms with Crippen LogP contribution in [-0.4, -0.2) is 41.8 Å². The quantitative estimate of drug-likeness (QED) is 0.476. The van der Waals surface area contributed by atoms with Gasteiger partial charge in [0.1, 0.15) is 0 Å². The summed E-state index contributed by atoms with van der Waals surface area (Å²) in [7, 11) is 0. The second kappa shape index (κ2) is 3.64. The summed E-state index contributed by atoms with van der Waals surface area (Å²) in [5.74, 6) is -0.680. The Morgan fingerprint density at radius 2 is 2.27 bits per heavy atom. The summed E-state index contributed by atoms with van der Waals surface area (Å²) in [4.78, 5) is 35.2. The highest BCUT2D eigenvalue weighted by Crippen LogP contribution is 2.38. The molecule has 1 aliphatic carbocycles. The lowest BCUT2D eigenvalue weighted by Gasteiger charge is -2.13. The Balaban J connectivity index is 1.91. The second-order valence-electron chi connectivity index (χ2n) is 3.90. The van der Waals surface area contributed by atoms with Gasteiger partial charge in [-0.1, -0.05) is 0 Å². The van der Waals surface area contributed by atoms with Gasteiger partial charge in [-0.05, 0) is 13.3 Å². The van der Waals surface area contributed by atoms with Crippen molar-refractivity contribution in [3.63, 3.8) is 0 Å². The molecular weight excluding hydrogens is 198 g/mol. The monoisotopic (exact) mass is 211 g/mol. The number of hydrogen-bond donors (Lipinski definition) is 0. The number of carbonyl (C=O) groups is 3. The molecule has 15 heavy (non-hydrogen) atoms. The second-order valence-corrected chi connectivity index (χ2v) is 3.90. The van der Waals surface area contributed by atoms with Crippen molar-refractivity contribution in [2.75, 3.05) is 13.2 Å². The average Bonchev–Trinajstić information content (AvgIpc) is 2.88. The summed E-state index contributed by atoms with van der Waals surface area (Å²) < 4.78 is 4.86. The molecule has 1 saturated carbocycles. The maximum Gasteiger partial charge on any atom is 0.311 e. The molecule has 2 fully saturated rings. The molecule has 5 heteroatoms. The van der Waals surface area contributed by atoms with Crippen LogP contribution < -0.4 is 0 Å². The van der Waals surface area contributed by atoms with E-state index in [-0.39, 0.29) is 42.6 Å². The van der Waals surface area contributed by atoms with E-state index >= 15 is 0 Å². The van der Waals surface area contributed by atoms with E-state index in [4.69, 9.17) is 4.74 Å². The topological polar surface area (TPSA) is 63.7 Å². The van der Waals surface area contributed by atoms with Crippen LogP contribution in [0.15, 0.2) is 0 Å². The third kappa shape index (κ3) is 1.86. The van der Waals surface area contributed by atoms with Crippen molar-refractivity contribution < 1.29 is 19.1 Å². The summed E-state index contributed by atoms with van der Waals surface area (Å²) in [6, 6.07) is -0.0944. The van der Waals surface area contributed by atoms with Crippen LogP contribution in [0.5, 0.6) is 0 Å². The van der Waals surface area contributed by atoms with Crippen LogP contribution in [0.25, 0.3) is 0 Å². The molecule has 1 heterocycles. The first-order chi connectivity index (χ1) is 7.13. The highest BCUT2D eigenvalue weighted by Gasteiger charge is 2.51. The smallest absolute Gasteiger partial charge is 0.311 e. The number of carbonyl (C=O) groups excluding carboxylic acids is 3. The predicted molar refractivity (Wildman–Crippen MR) is 49.9 cm³/mol. The zero-order chi connectivity index (χ0) is 11.0. The maximum absolute atomic E-state index is 11.3. The van der Waals surface area contributed by atoms with Crippen molar-refractivity contribution in [3.8, 4) is 0 Å². The van der Waals surface area contributed by atoms with E-state index in [2.05, 4.69) is 0 Å². The van der Waals surface area contributed by atoms with E-state index < -0.39 is 0 Å². The minimum absolute atomic E-state index is 0.00789. The minimum Gasteiger partial charge on any atom is -0.466 e. The Morgan fingerprint density at radius 1 is 1.53 bits per heavy atom. The third-order valence-electron chi connectivity index (χ3n) is 2.76. The molecule has 1 amide bonds. The van der Waals surface area contributed by atoms with Gasteiger partial charge in [-0.15, -0.1) is 0 Å². The van der Waals surface area contributed by atoms with Crippen molar-refractivity contribution in [2.45, 2.75) is 25.8 Å². The first-order valence-electron chi connectivity index (χ1n) is 5.11. The molecule has 1 saturated heterocycles. The van der Waals surface area contributed by atoms with Gasteiger partial charge < -0.3 is 9.64 Å². The van der Waals surface area contributed by atoms with Gasteiger partial charge in [0.25, 0.3) is 0 Å². The highest BCUT2D eigenvalue weighted by atomic mass is 16.5. The van der Waals surface area contributed by atoms with Crippen LogP contribution in [0.4, 0.5) is 0 Å². The largest absolute Gasteiger partial charge is 0.466 e. The molecule has 82 valence electrons. The van der Waals surface area contributed by atoms with E-state index in [9.17, 15) is 14.4 Å². The van der Waals surface area contributed by atoms with Crippen molar-refractivity contribution in [2.24, 2.45) is 5.92 Å². The summed E-state index contributed by atoms with van der Waals surface area (Å²) in [6.45, 7) is 2.27. The van der Waals surface area contributed by atoms with Gasteiger partial charge in [0.2, 0.25) is 5.91 Å². The molecule has 2 atom stereocenters. The van der Waals surface area contributed by atoms with E-state index in [1.807, 2.05) is 0 Å². The fourth-order valence-corrected chi connectivity index (χ4v) is 1.94. The molecule has 0 aromatic rings. The van der Waals surface area contributed by atoms with Crippen molar-refractivity contribution in [1.82, 2.24) is 4.90 Å². The summed E-state index contributed by atoms with van der Waals surface area (Å²) >= 11 is 0. The first kappa shape index (κ1) is 10.1. The van der Waals surface area contributed by atoms with Crippen LogP contribution in [0.3, 0.4) is 0 Å². The molecule has 1 aliphatic heterocycles. The molecule has 5 nitrogen and oxygen atoms in total. The zero-order valence-corrected chi connectivity index (χ0v) is 8.56. The molecule has 2 aliphatic rings. The standard InChI is InChI=1S/C10H13NO4/c1-2-15-10(14)7-4-8(7)11-5-6(12)3-9(11)13/h7-8H,2-5H2,1H3. The van der Waals surface area contributed by atoms with Gasteiger partial charge >= 0.3 is 5.97 Å². The van der Waals surface area contributed by atoms with Crippen LogP contribution in [0.1, 0.15) is 19.8 Å². The lowest BCUT2D eigenvalue weighted by atomic mass is 10.3. The number of nitrogens with zero attached hydrogens (tertiary/aromatic N) is 1. The number of amides is 1. The molecule has 0 radical (unpaired) electrons. The van der Waals surface area contributed by atoms with Gasteiger partial charge in [0, 0.05) is 6.04 Å². The minimum atomic E-state index is -0.255.